The molecule has 0 aromatic heterocycles. The summed E-state index contributed by atoms with van der Waals surface area (Å²) in [4.78, 5) is 10.9. The molecule has 2 heteroatoms. The van der Waals surface area contributed by atoms with Crippen LogP contribution in [0.4, 0.5) is 0 Å². The van der Waals surface area contributed by atoms with Crippen LogP contribution in [0.25, 0.3) is 0 Å². The molecule has 0 amide bonds. The van der Waals surface area contributed by atoms with Crippen LogP contribution in [-0.4, -0.2) is 11.3 Å². The SMILES string of the molecule is CC(=O)C1CC2(N)CCC12. The average Bonchev–Trinajstić information content (AvgIpc) is 1.85. The van der Waals surface area contributed by atoms with E-state index in [-0.39, 0.29) is 5.54 Å². The third-order valence-corrected chi connectivity index (χ3v) is 3.27. The second-order valence-electron chi connectivity index (χ2n) is 3.80. The van der Waals surface area contributed by atoms with Crippen LogP contribution < -0.4 is 5.73 Å². The Morgan fingerprint density at radius 1 is 1.70 bits per heavy atom. The quantitative estimate of drug-likeness (QED) is 0.581. The number of Topliss-reactive ketones (excluding diaryl/α,β-unsaturated/α-hetero) is 1. The fraction of sp³-hybridized carbons (Fsp3) is 0.875. The number of fused-ring (bicyclic) bond motifs is 1. The monoisotopic (exact) mass is 139 g/mol. The standard InChI is InChI=1S/C8H13NO/c1-5(10)6-4-8(9)3-2-7(6)8/h6-7H,2-4,9H2,1H3. The molecule has 0 bridgehead atoms. The Morgan fingerprint density at radius 3 is 2.50 bits per heavy atom. The minimum Gasteiger partial charge on any atom is -0.325 e. The number of nitrogens with two attached hydrogens (primary N) is 1. The summed E-state index contributed by atoms with van der Waals surface area (Å²) in [5.74, 6) is 1.20. The molecule has 0 aromatic carbocycles. The van der Waals surface area contributed by atoms with Crippen molar-refractivity contribution in [2.75, 3.05) is 0 Å². The molecule has 0 spiro atoms. The van der Waals surface area contributed by atoms with Crippen molar-refractivity contribution in [1.82, 2.24) is 0 Å². The highest BCUT2D eigenvalue weighted by atomic mass is 16.1. The summed E-state index contributed by atoms with van der Waals surface area (Å²) < 4.78 is 0. The van der Waals surface area contributed by atoms with Crippen LogP contribution in [0.2, 0.25) is 0 Å². The Bertz CT molecular complexity index is 190. The van der Waals surface area contributed by atoms with E-state index in [1.54, 1.807) is 6.92 Å². The van der Waals surface area contributed by atoms with Gasteiger partial charge in [-0.3, -0.25) is 4.79 Å². The first-order valence-electron chi connectivity index (χ1n) is 3.93. The molecule has 2 N–H and O–H groups in total. The number of hydrogen-bond acceptors (Lipinski definition) is 2. The van der Waals surface area contributed by atoms with Gasteiger partial charge in [-0.15, -0.1) is 0 Å². The van der Waals surface area contributed by atoms with Crippen molar-refractivity contribution in [1.29, 1.82) is 0 Å². The lowest BCUT2D eigenvalue weighted by Crippen LogP contribution is -2.68. The normalized spacial score (nSPS) is 50.6. The lowest BCUT2D eigenvalue weighted by Gasteiger charge is -2.60. The first-order chi connectivity index (χ1) is 4.63. The third kappa shape index (κ3) is 0.553. The topological polar surface area (TPSA) is 43.1 Å². The summed E-state index contributed by atoms with van der Waals surface area (Å²) in [6, 6.07) is 0. The van der Waals surface area contributed by atoms with E-state index in [0.717, 1.165) is 12.8 Å². The van der Waals surface area contributed by atoms with E-state index in [1.165, 1.54) is 6.42 Å². The van der Waals surface area contributed by atoms with Crippen LogP contribution in [0.5, 0.6) is 0 Å². The first-order valence-corrected chi connectivity index (χ1v) is 3.93. The molecule has 2 nitrogen and oxygen atoms in total. The molecule has 3 unspecified atom stereocenters. The summed E-state index contributed by atoms with van der Waals surface area (Å²) in [6.07, 6.45) is 3.27. The van der Waals surface area contributed by atoms with E-state index < -0.39 is 0 Å². The predicted molar refractivity (Wildman–Crippen MR) is 38.4 cm³/mol. The highest BCUT2D eigenvalue weighted by molar-refractivity contribution is 5.80. The fourth-order valence-corrected chi connectivity index (χ4v) is 2.36. The van der Waals surface area contributed by atoms with Gasteiger partial charge < -0.3 is 5.73 Å². The van der Waals surface area contributed by atoms with Crippen molar-refractivity contribution in [3.05, 3.63) is 0 Å². The second-order valence-corrected chi connectivity index (χ2v) is 3.80. The van der Waals surface area contributed by atoms with Gasteiger partial charge in [-0.05, 0) is 32.1 Å². The van der Waals surface area contributed by atoms with Crippen molar-refractivity contribution < 1.29 is 4.79 Å². The van der Waals surface area contributed by atoms with Crippen LogP contribution in [0.3, 0.4) is 0 Å². The van der Waals surface area contributed by atoms with Crippen molar-refractivity contribution in [3.63, 3.8) is 0 Å². The average molecular weight is 139 g/mol. The van der Waals surface area contributed by atoms with Gasteiger partial charge in [0.2, 0.25) is 0 Å². The van der Waals surface area contributed by atoms with Gasteiger partial charge in [0.1, 0.15) is 5.78 Å². The molecule has 3 atom stereocenters. The molecular weight excluding hydrogens is 126 g/mol. The smallest absolute Gasteiger partial charge is 0.133 e. The summed E-state index contributed by atoms with van der Waals surface area (Å²) in [5, 5.41) is 0. The maximum Gasteiger partial charge on any atom is 0.133 e. The van der Waals surface area contributed by atoms with Gasteiger partial charge in [0.05, 0.1) is 0 Å². The minimum atomic E-state index is 0.0936. The van der Waals surface area contributed by atoms with Crippen LogP contribution in [0.1, 0.15) is 26.2 Å². The zero-order valence-corrected chi connectivity index (χ0v) is 6.26. The van der Waals surface area contributed by atoms with Gasteiger partial charge >= 0.3 is 0 Å². The molecule has 56 valence electrons. The van der Waals surface area contributed by atoms with Crippen molar-refractivity contribution >= 4 is 5.78 Å². The minimum absolute atomic E-state index is 0.0936. The van der Waals surface area contributed by atoms with Gasteiger partial charge in [-0.25, -0.2) is 0 Å². The van der Waals surface area contributed by atoms with Crippen LogP contribution >= 0.6 is 0 Å². The van der Waals surface area contributed by atoms with E-state index in [1.807, 2.05) is 0 Å². The molecule has 0 radical (unpaired) electrons. The van der Waals surface area contributed by atoms with Crippen molar-refractivity contribution in [2.45, 2.75) is 31.7 Å². The summed E-state index contributed by atoms with van der Waals surface area (Å²) in [6.45, 7) is 1.68. The van der Waals surface area contributed by atoms with E-state index >= 15 is 0 Å². The van der Waals surface area contributed by atoms with Gasteiger partial charge in [0.15, 0.2) is 0 Å². The molecule has 0 aliphatic heterocycles. The molecule has 2 saturated carbocycles. The molecule has 2 aliphatic rings. The predicted octanol–water partition coefficient (Wildman–Crippen LogP) is 0.703. The van der Waals surface area contributed by atoms with E-state index in [0.29, 0.717) is 17.6 Å². The molecule has 0 heterocycles. The summed E-state index contributed by atoms with van der Waals surface area (Å²) >= 11 is 0. The van der Waals surface area contributed by atoms with Crippen LogP contribution in [-0.2, 0) is 4.79 Å². The van der Waals surface area contributed by atoms with Gasteiger partial charge in [-0.1, -0.05) is 0 Å². The Labute approximate surface area is 60.8 Å². The van der Waals surface area contributed by atoms with Crippen LogP contribution in [0.15, 0.2) is 0 Å². The molecule has 2 fully saturated rings. The Balaban J connectivity index is 2.04. The molecule has 2 rings (SSSR count). The highest BCUT2D eigenvalue weighted by Crippen LogP contribution is 2.55. The van der Waals surface area contributed by atoms with E-state index in [4.69, 9.17) is 5.73 Å². The lowest BCUT2D eigenvalue weighted by molar-refractivity contribution is -0.138. The maximum atomic E-state index is 10.9. The van der Waals surface area contributed by atoms with Crippen LogP contribution in [0, 0.1) is 11.8 Å². The zero-order chi connectivity index (χ0) is 7.35. The van der Waals surface area contributed by atoms with E-state index in [2.05, 4.69) is 0 Å². The van der Waals surface area contributed by atoms with Gasteiger partial charge in [0.25, 0.3) is 0 Å². The molecule has 0 aromatic rings. The number of rotatable bonds is 1. The number of carbonyl (C=O) groups excluding carboxylic acids is 1. The lowest BCUT2D eigenvalue weighted by atomic mass is 9.47. The summed E-state index contributed by atoms with van der Waals surface area (Å²) in [5.41, 5.74) is 6.02. The fourth-order valence-electron chi connectivity index (χ4n) is 2.36. The van der Waals surface area contributed by atoms with Gasteiger partial charge in [0, 0.05) is 11.5 Å². The van der Waals surface area contributed by atoms with Gasteiger partial charge in [-0.2, -0.15) is 0 Å². The summed E-state index contributed by atoms with van der Waals surface area (Å²) in [7, 11) is 0. The second kappa shape index (κ2) is 1.62. The van der Waals surface area contributed by atoms with Crippen molar-refractivity contribution in [3.8, 4) is 0 Å². The number of ketones is 1. The number of carbonyl (C=O) groups is 1. The van der Waals surface area contributed by atoms with E-state index in [9.17, 15) is 4.79 Å². The molecule has 10 heavy (non-hydrogen) atoms. The highest BCUT2D eigenvalue weighted by Gasteiger charge is 2.58. The largest absolute Gasteiger partial charge is 0.325 e. The Hall–Kier alpha value is -0.370. The Kier molecular flexibility index (Phi) is 1.03. The molecule has 0 saturated heterocycles. The first kappa shape index (κ1) is 6.35. The van der Waals surface area contributed by atoms with Crippen molar-refractivity contribution in [2.24, 2.45) is 17.6 Å². The maximum absolute atomic E-state index is 10.9. The third-order valence-electron chi connectivity index (χ3n) is 3.27. The molecular formula is C8H13NO. The zero-order valence-electron chi connectivity index (χ0n) is 6.26. The number of hydrogen-bond donors (Lipinski definition) is 1. The Morgan fingerprint density at radius 2 is 2.40 bits per heavy atom. The molecule has 2 aliphatic carbocycles.